The summed E-state index contributed by atoms with van der Waals surface area (Å²) in [6.45, 7) is 3.56. The van der Waals surface area contributed by atoms with E-state index < -0.39 is 10.0 Å². The average Bonchev–Trinajstić information content (AvgIpc) is 3.02. The van der Waals surface area contributed by atoms with Gasteiger partial charge in [-0.15, -0.1) is 10.2 Å². The fraction of sp³-hybridized carbons (Fsp3) is 0.176. The van der Waals surface area contributed by atoms with Gasteiger partial charge in [0.25, 0.3) is 0 Å². The zero-order valence-corrected chi connectivity index (χ0v) is 15.2. The lowest BCUT2D eigenvalue weighted by molar-refractivity contribution is 0.494. The molecule has 0 saturated heterocycles. The molecule has 2 aromatic carbocycles. The molecule has 0 radical (unpaired) electrons. The Bertz CT molecular complexity index is 1020. The van der Waals surface area contributed by atoms with E-state index in [0.717, 1.165) is 5.56 Å². The van der Waals surface area contributed by atoms with Crippen LogP contribution in [0.2, 0.25) is 5.02 Å². The maximum absolute atomic E-state index is 12.4. The van der Waals surface area contributed by atoms with Gasteiger partial charge in [0, 0.05) is 0 Å². The number of aryl methyl sites for hydroxylation is 2. The number of rotatable bonds is 5. The van der Waals surface area contributed by atoms with Crippen molar-refractivity contribution < 1.29 is 12.8 Å². The number of benzene rings is 2. The maximum Gasteiger partial charge on any atom is 0.249 e. The Labute approximate surface area is 150 Å². The number of nitrogens with one attached hydrogen (secondary N) is 1. The highest BCUT2D eigenvalue weighted by Crippen LogP contribution is 2.26. The van der Waals surface area contributed by atoms with Gasteiger partial charge in [0.1, 0.15) is 0 Å². The number of sulfonamides is 1. The van der Waals surface area contributed by atoms with Crippen molar-refractivity contribution in [3.63, 3.8) is 0 Å². The summed E-state index contributed by atoms with van der Waals surface area (Å²) in [5.74, 6) is 0.398. The lowest BCUT2D eigenvalue weighted by Gasteiger charge is -2.08. The van der Waals surface area contributed by atoms with Crippen LogP contribution in [0, 0.1) is 13.8 Å². The number of hydrogen-bond donors (Lipinski definition) is 1. The first-order chi connectivity index (χ1) is 11.9. The molecule has 3 aromatic rings. The molecule has 0 atom stereocenters. The van der Waals surface area contributed by atoms with Crippen molar-refractivity contribution in [2.75, 3.05) is 0 Å². The Balaban J connectivity index is 1.77. The number of aromatic nitrogens is 2. The van der Waals surface area contributed by atoms with Gasteiger partial charge in [-0.05, 0) is 37.6 Å². The Kier molecular flexibility index (Phi) is 4.89. The molecule has 25 heavy (non-hydrogen) atoms. The van der Waals surface area contributed by atoms with Crippen molar-refractivity contribution in [2.24, 2.45) is 0 Å². The van der Waals surface area contributed by atoms with Crippen molar-refractivity contribution in [3.8, 4) is 11.5 Å². The lowest BCUT2D eigenvalue weighted by Crippen LogP contribution is -2.24. The van der Waals surface area contributed by atoms with E-state index in [0.29, 0.717) is 16.1 Å². The standard InChI is InChI=1S/C17H16ClN3O3S/c1-11-7-8-15(12(2)9-11)25(22,23)19-10-16-20-21-17(24-16)13-5-3-4-6-14(13)18/h3-9,19H,10H2,1-2H3. The quantitative estimate of drug-likeness (QED) is 0.735. The molecule has 1 N–H and O–H groups in total. The topological polar surface area (TPSA) is 85.1 Å². The Morgan fingerprint density at radius 2 is 1.88 bits per heavy atom. The minimum Gasteiger partial charge on any atom is -0.419 e. The van der Waals surface area contributed by atoms with Gasteiger partial charge in [0.05, 0.1) is 22.0 Å². The first-order valence-corrected chi connectivity index (χ1v) is 9.37. The summed E-state index contributed by atoms with van der Waals surface area (Å²) >= 11 is 6.09. The van der Waals surface area contributed by atoms with Gasteiger partial charge in [0.2, 0.25) is 21.8 Å². The van der Waals surface area contributed by atoms with Crippen molar-refractivity contribution in [1.29, 1.82) is 0 Å². The van der Waals surface area contributed by atoms with Crippen LogP contribution in [0.4, 0.5) is 0 Å². The molecule has 1 aromatic heterocycles. The second-order valence-electron chi connectivity index (χ2n) is 5.57. The van der Waals surface area contributed by atoms with Gasteiger partial charge in [-0.3, -0.25) is 0 Å². The fourth-order valence-electron chi connectivity index (χ4n) is 2.40. The smallest absolute Gasteiger partial charge is 0.249 e. The van der Waals surface area contributed by atoms with E-state index in [1.54, 1.807) is 43.3 Å². The molecule has 0 bridgehead atoms. The minimum atomic E-state index is -3.67. The van der Waals surface area contributed by atoms with Crippen LogP contribution >= 0.6 is 11.6 Å². The van der Waals surface area contributed by atoms with Crippen LogP contribution in [-0.4, -0.2) is 18.6 Å². The molecule has 6 nitrogen and oxygen atoms in total. The van der Waals surface area contributed by atoms with E-state index in [2.05, 4.69) is 14.9 Å². The van der Waals surface area contributed by atoms with Crippen LogP contribution in [0.5, 0.6) is 0 Å². The van der Waals surface area contributed by atoms with E-state index in [1.165, 1.54) is 0 Å². The van der Waals surface area contributed by atoms with E-state index >= 15 is 0 Å². The molecule has 0 fully saturated rings. The van der Waals surface area contributed by atoms with Crippen molar-refractivity contribution in [1.82, 2.24) is 14.9 Å². The highest BCUT2D eigenvalue weighted by molar-refractivity contribution is 7.89. The summed E-state index contributed by atoms with van der Waals surface area (Å²) in [5.41, 5.74) is 2.27. The molecular formula is C17H16ClN3O3S. The summed E-state index contributed by atoms with van der Waals surface area (Å²) in [4.78, 5) is 0.226. The Morgan fingerprint density at radius 3 is 2.60 bits per heavy atom. The zero-order valence-electron chi connectivity index (χ0n) is 13.7. The minimum absolute atomic E-state index is 0.104. The van der Waals surface area contributed by atoms with Gasteiger partial charge in [0.15, 0.2) is 0 Å². The van der Waals surface area contributed by atoms with Crippen LogP contribution in [0.15, 0.2) is 51.8 Å². The highest BCUT2D eigenvalue weighted by atomic mass is 35.5. The summed E-state index contributed by atoms with van der Waals surface area (Å²) in [6, 6.07) is 12.2. The van der Waals surface area contributed by atoms with Crippen LogP contribution in [-0.2, 0) is 16.6 Å². The second kappa shape index (κ2) is 6.95. The van der Waals surface area contributed by atoms with Gasteiger partial charge in [-0.2, -0.15) is 0 Å². The summed E-state index contributed by atoms with van der Waals surface area (Å²) in [7, 11) is -3.67. The molecule has 0 unspecified atom stereocenters. The predicted molar refractivity (Wildman–Crippen MR) is 94.7 cm³/mol. The molecular weight excluding hydrogens is 362 g/mol. The first-order valence-electron chi connectivity index (χ1n) is 7.51. The van der Waals surface area contributed by atoms with Gasteiger partial charge >= 0.3 is 0 Å². The molecule has 130 valence electrons. The summed E-state index contributed by atoms with van der Waals surface area (Å²) < 4.78 is 32.9. The monoisotopic (exact) mass is 377 g/mol. The number of hydrogen-bond acceptors (Lipinski definition) is 5. The van der Waals surface area contributed by atoms with E-state index in [4.69, 9.17) is 16.0 Å². The largest absolute Gasteiger partial charge is 0.419 e. The predicted octanol–water partition coefficient (Wildman–Crippen LogP) is 3.49. The second-order valence-corrected chi connectivity index (χ2v) is 7.72. The van der Waals surface area contributed by atoms with Crippen LogP contribution < -0.4 is 4.72 Å². The van der Waals surface area contributed by atoms with Gasteiger partial charge in [-0.25, -0.2) is 13.1 Å². The van der Waals surface area contributed by atoms with Gasteiger partial charge in [-0.1, -0.05) is 41.4 Å². The number of halogens is 1. The van der Waals surface area contributed by atoms with Crippen LogP contribution in [0.1, 0.15) is 17.0 Å². The molecule has 0 aliphatic rings. The molecule has 0 spiro atoms. The SMILES string of the molecule is Cc1ccc(S(=O)(=O)NCc2nnc(-c3ccccc3Cl)o2)c(C)c1. The van der Waals surface area contributed by atoms with E-state index in [-0.39, 0.29) is 23.2 Å². The zero-order chi connectivity index (χ0) is 18.0. The van der Waals surface area contributed by atoms with Crippen molar-refractivity contribution in [2.45, 2.75) is 25.3 Å². The van der Waals surface area contributed by atoms with Crippen LogP contribution in [0.3, 0.4) is 0 Å². The third kappa shape index (κ3) is 3.89. The normalized spacial score (nSPS) is 11.6. The maximum atomic E-state index is 12.4. The first kappa shape index (κ1) is 17.6. The van der Waals surface area contributed by atoms with Crippen LogP contribution in [0.25, 0.3) is 11.5 Å². The number of nitrogens with zero attached hydrogens (tertiary/aromatic N) is 2. The Hall–Kier alpha value is -2.22. The Morgan fingerprint density at radius 1 is 1.12 bits per heavy atom. The summed E-state index contributed by atoms with van der Waals surface area (Å²) in [6.07, 6.45) is 0. The average molecular weight is 378 g/mol. The highest BCUT2D eigenvalue weighted by Gasteiger charge is 2.18. The molecule has 8 heteroatoms. The molecule has 3 rings (SSSR count). The van der Waals surface area contributed by atoms with E-state index in [9.17, 15) is 8.42 Å². The molecule has 0 saturated carbocycles. The summed E-state index contributed by atoms with van der Waals surface area (Å²) in [5, 5.41) is 8.26. The lowest BCUT2D eigenvalue weighted by atomic mass is 10.2. The third-order valence-electron chi connectivity index (χ3n) is 3.60. The molecule has 0 aliphatic carbocycles. The molecule has 1 heterocycles. The van der Waals surface area contributed by atoms with Gasteiger partial charge < -0.3 is 4.42 Å². The van der Waals surface area contributed by atoms with Crippen molar-refractivity contribution in [3.05, 3.63) is 64.5 Å². The molecule has 0 aliphatic heterocycles. The fourth-order valence-corrected chi connectivity index (χ4v) is 3.82. The molecule has 0 amide bonds. The van der Waals surface area contributed by atoms with Crippen molar-refractivity contribution >= 4 is 21.6 Å². The van der Waals surface area contributed by atoms with E-state index in [1.807, 2.05) is 13.0 Å². The third-order valence-corrected chi connectivity index (χ3v) is 5.50.